The Bertz CT molecular complexity index is 1310. The molecule has 4 aromatic heterocycles. The van der Waals surface area contributed by atoms with Crippen LogP contribution in [0.4, 0.5) is 4.79 Å². The molecule has 0 amide bonds. The van der Waals surface area contributed by atoms with E-state index in [1.54, 1.807) is 10.7 Å². The number of hydrogen-bond acceptors (Lipinski definition) is 8. The van der Waals surface area contributed by atoms with Crippen LogP contribution in [0.5, 0.6) is 0 Å². The van der Waals surface area contributed by atoms with E-state index in [-0.39, 0.29) is 10.9 Å². The van der Waals surface area contributed by atoms with Crippen LogP contribution >= 0.6 is 11.3 Å². The Labute approximate surface area is 182 Å². The van der Waals surface area contributed by atoms with Gasteiger partial charge in [0, 0.05) is 17.3 Å². The van der Waals surface area contributed by atoms with Crippen LogP contribution in [0.2, 0.25) is 0 Å². The van der Waals surface area contributed by atoms with Gasteiger partial charge in [-0.1, -0.05) is 30.4 Å². The monoisotopic (exact) mass is 441 g/mol. The fraction of sp³-hybridized carbons (Fsp3) is 0.381. The summed E-state index contributed by atoms with van der Waals surface area (Å²) in [6.07, 6.45) is 2.93. The first-order valence-corrected chi connectivity index (χ1v) is 10.6. The smallest absolute Gasteiger partial charge is 0.420 e. The molecule has 0 radical (unpaired) electrons. The van der Waals surface area contributed by atoms with Crippen LogP contribution in [0.3, 0.4) is 0 Å². The van der Waals surface area contributed by atoms with E-state index < -0.39 is 17.7 Å². The van der Waals surface area contributed by atoms with Gasteiger partial charge in [0.2, 0.25) is 5.01 Å². The highest BCUT2D eigenvalue weighted by atomic mass is 32.1. The maximum Gasteiger partial charge on any atom is 0.420 e. The SMILES string of the molecule is COC(=O)c1nc2c(C(C)C)c(-c3ccc4cnnn4c3)n(C(=O)OC(C)(C)C)c2s1. The van der Waals surface area contributed by atoms with Gasteiger partial charge >= 0.3 is 12.1 Å². The molecule has 0 spiro atoms. The molecule has 4 heterocycles. The summed E-state index contributed by atoms with van der Waals surface area (Å²) >= 11 is 1.10. The van der Waals surface area contributed by atoms with Gasteiger partial charge in [0.1, 0.15) is 15.9 Å². The molecule has 10 heteroatoms. The van der Waals surface area contributed by atoms with Gasteiger partial charge < -0.3 is 9.47 Å². The van der Waals surface area contributed by atoms with Crippen LogP contribution in [-0.4, -0.2) is 49.2 Å². The lowest BCUT2D eigenvalue weighted by Crippen LogP contribution is -2.27. The van der Waals surface area contributed by atoms with Gasteiger partial charge in [-0.05, 0) is 38.8 Å². The molecule has 0 aliphatic heterocycles. The lowest BCUT2D eigenvalue weighted by atomic mass is 9.99. The van der Waals surface area contributed by atoms with Gasteiger partial charge in [0.05, 0.1) is 24.5 Å². The maximum absolute atomic E-state index is 13.3. The topological polar surface area (TPSA) is 101 Å². The molecule has 0 atom stereocenters. The van der Waals surface area contributed by atoms with E-state index in [1.807, 2.05) is 52.9 Å². The molecular formula is C21H23N5O4S. The van der Waals surface area contributed by atoms with Gasteiger partial charge in [-0.25, -0.2) is 23.7 Å². The molecule has 0 aliphatic rings. The zero-order valence-electron chi connectivity index (χ0n) is 18.2. The minimum absolute atomic E-state index is 0.0141. The van der Waals surface area contributed by atoms with Crippen molar-refractivity contribution in [3.63, 3.8) is 0 Å². The first-order valence-electron chi connectivity index (χ1n) is 9.78. The fourth-order valence-corrected chi connectivity index (χ4v) is 4.42. The molecule has 162 valence electrons. The van der Waals surface area contributed by atoms with Crippen LogP contribution in [0, 0.1) is 0 Å². The fourth-order valence-electron chi connectivity index (χ4n) is 3.42. The Kier molecular flexibility index (Phi) is 5.04. The molecule has 0 aliphatic carbocycles. The molecule has 9 nitrogen and oxygen atoms in total. The summed E-state index contributed by atoms with van der Waals surface area (Å²) in [6, 6.07) is 3.79. The average Bonchev–Trinajstić information content (AvgIpc) is 3.37. The van der Waals surface area contributed by atoms with E-state index >= 15 is 0 Å². The summed E-state index contributed by atoms with van der Waals surface area (Å²) in [5, 5.41) is 8.18. The summed E-state index contributed by atoms with van der Waals surface area (Å²) < 4.78 is 13.7. The van der Waals surface area contributed by atoms with Crippen LogP contribution in [0.25, 0.3) is 27.1 Å². The van der Waals surface area contributed by atoms with Crippen molar-refractivity contribution in [3.05, 3.63) is 35.1 Å². The molecule has 0 fully saturated rings. The standard InChI is InChI=1S/C21H23N5O4S/c1-11(2)14-15-18(31-17(23-15)19(27)29-6)26(20(28)30-21(3,4)5)16(14)12-7-8-13-9-22-24-25(13)10-12/h7-11H,1-6H3. The highest BCUT2D eigenvalue weighted by Gasteiger charge is 2.31. The second kappa shape index (κ2) is 7.45. The first kappa shape index (κ1) is 21.0. The molecule has 0 aromatic carbocycles. The molecule has 31 heavy (non-hydrogen) atoms. The number of ether oxygens (including phenoxy) is 2. The molecule has 0 N–H and O–H groups in total. The molecule has 0 saturated heterocycles. The first-order chi connectivity index (χ1) is 14.6. The van der Waals surface area contributed by atoms with E-state index in [2.05, 4.69) is 15.3 Å². The second-order valence-corrected chi connectivity index (χ2v) is 9.40. The van der Waals surface area contributed by atoms with Gasteiger partial charge in [-0.2, -0.15) is 0 Å². The zero-order valence-corrected chi connectivity index (χ0v) is 19.0. The number of carbonyl (C=O) groups excluding carboxylic acids is 2. The minimum atomic E-state index is -0.700. The second-order valence-electron chi connectivity index (χ2n) is 8.42. The van der Waals surface area contributed by atoms with Gasteiger partial charge in [0.15, 0.2) is 0 Å². The van der Waals surface area contributed by atoms with Crippen LogP contribution in [-0.2, 0) is 9.47 Å². The third-order valence-electron chi connectivity index (χ3n) is 4.63. The largest absolute Gasteiger partial charge is 0.464 e. The molecule has 0 saturated carbocycles. The predicted molar refractivity (Wildman–Crippen MR) is 117 cm³/mol. The number of fused-ring (bicyclic) bond motifs is 2. The number of carbonyl (C=O) groups is 2. The number of aromatic nitrogens is 5. The van der Waals surface area contributed by atoms with Crippen molar-refractivity contribution >= 4 is 39.3 Å². The number of esters is 1. The third-order valence-corrected chi connectivity index (χ3v) is 5.65. The summed E-state index contributed by atoms with van der Waals surface area (Å²) in [7, 11) is 1.30. The highest BCUT2D eigenvalue weighted by molar-refractivity contribution is 7.20. The Morgan fingerprint density at radius 3 is 2.58 bits per heavy atom. The summed E-state index contributed by atoms with van der Waals surface area (Å²) in [4.78, 5) is 30.5. The summed E-state index contributed by atoms with van der Waals surface area (Å²) in [5.41, 5.74) is 2.98. The van der Waals surface area contributed by atoms with Gasteiger partial charge in [-0.3, -0.25) is 0 Å². The van der Waals surface area contributed by atoms with E-state index in [0.29, 0.717) is 16.0 Å². The molecular weight excluding hydrogens is 418 g/mol. The van der Waals surface area contributed by atoms with Crippen LogP contribution < -0.4 is 0 Å². The Morgan fingerprint density at radius 1 is 1.19 bits per heavy atom. The van der Waals surface area contributed by atoms with Crippen molar-refractivity contribution in [1.29, 1.82) is 0 Å². The average molecular weight is 442 g/mol. The Morgan fingerprint density at radius 2 is 1.94 bits per heavy atom. The predicted octanol–water partition coefficient (Wildman–Crippen LogP) is 4.50. The number of hydrogen-bond donors (Lipinski definition) is 0. The maximum atomic E-state index is 13.3. The van der Waals surface area contributed by atoms with Crippen LogP contribution in [0.15, 0.2) is 24.5 Å². The van der Waals surface area contributed by atoms with Crippen molar-refractivity contribution < 1.29 is 19.1 Å². The van der Waals surface area contributed by atoms with E-state index in [1.165, 1.54) is 11.7 Å². The van der Waals surface area contributed by atoms with Crippen LogP contribution in [0.1, 0.15) is 55.9 Å². The van der Waals surface area contributed by atoms with Gasteiger partial charge in [0.25, 0.3) is 0 Å². The summed E-state index contributed by atoms with van der Waals surface area (Å²) in [5.74, 6) is -0.530. The number of nitrogens with zero attached hydrogens (tertiary/aromatic N) is 5. The number of thiazole rings is 1. The summed E-state index contributed by atoms with van der Waals surface area (Å²) in [6.45, 7) is 9.46. The normalized spacial score (nSPS) is 12.1. The van der Waals surface area contributed by atoms with Crippen molar-refractivity contribution in [2.75, 3.05) is 7.11 Å². The number of methoxy groups -OCH3 is 1. The minimum Gasteiger partial charge on any atom is -0.464 e. The van der Waals surface area contributed by atoms with E-state index in [0.717, 1.165) is 28.0 Å². The van der Waals surface area contributed by atoms with Crippen molar-refractivity contribution in [2.24, 2.45) is 0 Å². The van der Waals surface area contributed by atoms with E-state index in [4.69, 9.17) is 9.47 Å². The molecule has 0 bridgehead atoms. The third kappa shape index (κ3) is 3.67. The molecule has 4 aromatic rings. The van der Waals surface area contributed by atoms with Gasteiger partial charge in [-0.15, -0.1) is 5.10 Å². The lowest BCUT2D eigenvalue weighted by Gasteiger charge is -2.21. The van der Waals surface area contributed by atoms with Crippen molar-refractivity contribution in [2.45, 2.75) is 46.1 Å². The quantitative estimate of drug-likeness (QED) is 0.431. The Balaban J connectivity index is 2.05. The Hall–Kier alpha value is -3.27. The lowest BCUT2D eigenvalue weighted by molar-refractivity contribution is 0.0545. The zero-order chi connectivity index (χ0) is 22.5. The number of rotatable bonds is 3. The van der Waals surface area contributed by atoms with Crippen molar-refractivity contribution in [3.8, 4) is 11.3 Å². The molecule has 0 unspecified atom stereocenters. The molecule has 4 rings (SSSR count). The van der Waals surface area contributed by atoms with E-state index in [9.17, 15) is 9.59 Å². The highest BCUT2D eigenvalue weighted by Crippen LogP contribution is 2.41. The van der Waals surface area contributed by atoms with Crippen molar-refractivity contribution in [1.82, 2.24) is 24.4 Å². The number of pyridine rings is 1.